The predicted molar refractivity (Wildman–Crippen MR) is 88.6 cm³/mol. The van der Waals surface area contributed by atoms with E-state index in [4.69, 9.17) is 0 Å². The molecule has 0 heterocycles. The van der Waals surface area contributed by atoms with Gasteiger partial charge in [0.1, 0.15) is 5.82 Å². The van der Waals surface area contributed by atoms with Gasteiger partial charge in [-0.2, -0.15) is 0 Å². The maximum absolute atomic E-state index is 12.8. The maximum Gasteiger partial charge on any atom is 0.328 e. The number of halogens is 1. The topological polar surface area (TPSA) is 109 Å². The normalized spacial score (nSPS) is 11.7. The van der Waals surface area contributed by atoms with Crippen LogP contribution in [0.5, 0.6) is 0 Å². The van der Waals surface area contributed by atoms with Crippen molar-refractivity contribution in [1.82, 2.24) is 10.0 Å². The molecule has 0 bridgehead atoms. The van der Waals surface area contributed by atoms with E-state index in [0.717, 1.165) is 24.3 Å². The number of rotatable bonds is 6. The van der Waals surface area contributed by atoms with E-state index in [1.807, 2.05) is 0 Å². The molecule has 0 spiro atoms. The molecule has 0 saturated heterocycles. The minimum absolute atomic E-state index is 0.0898. The van der Waals surface area contributed by atoms with Gasteiger partial charge in [0.25, 0.3) is 10.0 Å². The number of hydrogen-bond donors (Lipinski definition) is 2. The van der Waals surface area contributed by atoms with Crippen LogP contribution in [0.15, 0.2) is 64.4 Å². The van der Waals surface area contributed by atoms with Crippen LogP contribution >= 0.6 is 0 Å². The molecular formula is C15H15FN2O5S2. The SMILES string of the molecule is O=C(NCCS(=O)(=O)c1ccc(F)cc1)NS(=O)(=O)c1ccccc1. The smallest absolute Gasteiger partial charge is 0.328 e. The van der Waals surface area contributed by atoms with Gasteiger partial charge in [0.2, 0.25) is 0 Å². The number of urea groups is 1. The van der Waals surface area contributed by atoms with Gasteiger partial charge in [-0.25, -0.2) is 30.7 Å². The first-order valence-electron chi connectivity index (χ1n) is 7.05. The predicted octanol–water partition coefficient (Wildman–Crippen LogP) is 1.29. The van der Waals surface area contributed by atoms with Gasteiger partial charge in [-0.05, 0) is 36.4 Å². The molecule has 0 radical (unpaired) electrons. The number of benzene rings is 2. The average Bonchev–Trinajstić information content (AvgIpc) is 2.55. The van der Waals surface area contributed by atoms with Gasteiger partial charge < -0.3 is 5.32 Å². The third-order valence-corrected chi connectivity index (χ3v) is 6.19. The molecule has 10 heteroatoms. The fourth-order valence-electron chi connectivity index (χ4n) is 1.88. The van der Waals surface area contributed by atoms with Crippen molar-refractivity contribution in [2.75, 3.05) is 12.3 Å². The highest BCUT2D eigenvalue weighted by molar-refractivity contribution is 7.91. The molecular weight excluding hydrogens is 371 g/mol. The Labute approximate surface area is 144 Å². The molecule has 2 rings (SSSR count). The van der Waals surface area contributed by atoms with Crippen LogP contribution in [0.1, 0.15) is 0 Å². The fourth-order valence-corrected chi connectivity index (χ4v) is 3.98. The van der Waals surface area contributed by atoms with E-state index in [1.165, 1.54) is 24.3 Å². The molecule has 2 aromatic carbocycles. The molecule has 2 amide bonds. The zero-order valence-corrected chi connectivity index (χ0v) is 14.5. The van der Waals surface area contributed by atoms with Crippen molar-refractivity contribution in [1.29, 1.82) is 0 Å². The van der Waals surface area contributed by atoms with Gasteiger partial charge in [0.15, 0.2) is 9.84 Å². The monoisotopic (exact) mass is 386 g/mol. The maximum atomic E-state index is 12.8. The Bertz CT molecular complexity index is 943. The molecule has 0 aliphatic heterocycles. The lowest BCUT2D eigenvalue weighted by molar-refractivity contribution is 0.246. The van der Waals surface area contributed by atoms with Crippen LogP contribution < -0.4 is 10.0 Å². The average molecular weight is 386 g/mol. The van der Waals surface area contributed by atoms with Crippen LogP contribution in [0.4, 0.5) is 9.18 Å². The molecule has 0 aromatic heterocycles. The molecule has 2 N–H and O–H groups in total. The largest absolute Gasteiger partial charge is 0.336 e. The van der Waals surface area contributed by atoms with Crippen LogP contribution in [-0.4, -0.2) is 35.2 Å². The Morgan fingerprint density at radius 1 is 0.880 bits per heavy atom. The first-order valence-corrected chi connectivity index (χ1v) is 10.2. The van der Waals surface area contributed by atoms with Gasteiger partial charge in [-0.3, -0.25) is 0 Å². The number of carbonyl (C=O) groups is 1. The third-order valence-electron chi connectivity index (χ3n) is 3.11. The van der Waals surface area contributed by atoms with Gasteiger partial charge >= 0.3 is 6.03 Å². The van der Waals surface area contributed by atoms with Crippen LogP contribution in [-0.2, 0) is 19.9 Å². The quantitative estimate of drug-likeness (QED) is 0.727. The van der Waals surface area contributed by atoms with Crippen molar-refractivity contribution in [2.45, 2.75) is 9.79 Å². The summed E-state index contributed by atoms with van der Waals surface area (Å²) in [4.78, 5) is 11.5. The first kappa shape index (κ1) is 18.9. The number of sulfone groups is 1. The molecule has 0 atom stereocenters. The Kier molecular flexibility index (Phi) is 5.75. The standard InChI is InChI=1S/C15H15FN2O5S2/c16-12-6-8-13(9-7-12)24(20,21)11-10-17-15(19)18-25(22,23)14-4-2-1-3-5-14/h1-9H,10-11H2,(H2,17,18,19). The van der Waals surface area contributed by atoms with Crippen molar-refractivity contribution in [3.8, 4) is 0 Å². The lowest BCUT2D eigenvalue weighted by atomic mass is 10.4. The summed E-state index contributed by atoms with van der Waals surface area (Å²) in [7, 11) is -7.76. The van der Waals surface area contributed by atoms with Crippen molar-refractivity contribution in [3.63, 3.8) is 0 Å². The third kappa shape index (κ3) is 5.26. The Morgan fingerprint density at radius 2 is 1.48 bits per heavy atom. The summed E-state index contributed by atoms with van der Waals surface area (Å²) in [5.41, 5.74) is 0. The van der Waals surface area contributed by atoms with Gasteiger partial charge in [-0.15, -0.1) is 0 Å². The van der Waals surface area contributed by atoms with Gasteiger partial charge in [-0.1, -0.05) is 18.2 Å². The summed E-state index contributed by atoms with van der Waals surface area (Å²) in [5, 5.41) is 2.16. The fraction of sp³-hybridized carbons (Fsp3) is 0.133. The minimum Gasteiger partial charge on any atom is -0.336 e. The summed E-state index contributed by atoms with van der Waals surface area (Å²) in [5.74, 6) is -1.03. The van der Waals surface area contributed by atoms with Crippen molar-refractivity contribution in [3.05, 3.63) is 60.4 Å². The number of carbonyl (C=O) groups excluding carboxylic acids is 1. The van der Waals surface area contributed by atoms with Crippen molar-refractivity contribution < 1.29 is 26.0 Å². The zero-order valence-electron chi connectivity index (χ0n) is 12.8. The second kappa shape index (κ2) is 7.62. The first-order chi connectivity index (χ1) is 11.7. The molecule has 0 aliphatic carbocycles. The minimum atomic E-state index is -4.04. The van der Waals surface area contributed by atoms with Crippen LogP contribution in [0.25, 0.3) is 0 Å². The number of amides is 2. The van der Waals surface area contributed by atoms with Crippen LogP contribution in [0.2, 0.25) is 0 Å². The molecule has 0 saturated carbocycles. The van der Waals surface area contributed by atoms with E-state index in [-0.39, 0.29) is 16.3 Å². The lowest BCUT2D eigenvalue weighted by Gasteiger charge is -2.09. The van der Waals surface area contributed by atoms with Gasteiger partial charge in [0, 0.05) is 6.54 Å². The highest BCUT2D eigenvalue weighted by Crippen LogP contribution is 2.11. The molecule has 134 valence electrons. The zero-order chi connectivity index (χ0) is 18.5. The molecule has 0 aliphatic rings. The number of hydrogen-bond acceptors (Lipinski definition) is 5. The number of sulfonamides is 1. The highest BCUT2D eigenvalue weighted by atomic mass is 32.2. The summed E-state index contributed by atoms with van der Waals surface area (Å²) in [6.07, 6.45) is 0. The summed E-state index contributed by atoms with van der Waals surface area (Å²) < 4.78 is 62.5. The highest BCUT2D eigenvalue weighted by Gasteiger charge is 2.18. The van der Waals surface area contributed by atoms with Crippen LogP contribution in [0.3, 0.4) is 0 Å². The van der Waals surface area contributed by atoms with E-state index in [0.29, 0.717) is 0 Å². The second-order valence-electron chi connectivity index (χ2n) is 4.95. The van der Waals surface area contributed by atoms with E-state index in [1.54, 1.807) is 10.8 Å². The molecule has 0 fully saturated rings. The van der Waals surface area contributed by atoms with Crippen molar-refractivity contribution in [2.24, 2.45) is 0 Å². The molecule has 0 unspecified atom stereocenters. The molecule has 25 heavy (non-hydrogen) atoms. The molecule has 2 aromatic rings. The number of nitrogens with one attached hydrogen (secondary N) is 2. The Balaban J connectivity index is 1.91. The Hall–Kier alpha value is -2.46. The molecule has 7 nitrogen and oxygen atoms in total. The van der Waals surface area contributed by atoms with E-state index < -0.39 is 37.5 Å². The summed E-state index contributed by atoms with van der Waals surface area (Å²) in [6.45, 7) is -0.310. The Morgan fingerprint density at radius 3 is 2.08 bits per heavy atom. The van der Waals surface area contributed by atoms with Gasteiger partial charge in [0.05, 0.1) is 15.5 Å². The van der Waals surface area contributed by atoms with Crippen LogP contribution in [0, 0.1) is 5.82 Å². The summed E-state index contributed by atoms with van der Waals surface area (Å²) in [6, 6.07) is 10.5. The second-order valence-corrected chi connectivity index (χ2v) is 8.74. The van der Waals surface area contributed by atoms with Crippen molar-refractivity contribution >= 4 is 25.9 Å². The summed E-state index contributed by atoms with van der Waals surface area (Å²) >= 11 is 0. The van der Waals surface area contributed by atoms with E-state index in [9.17, 15) is 26.0 Å². The van der Waals surface area contributed by atoms with E-state index >= 15 is 0 Å². The lowest BCUT2D eigenvalue weighted by Crippen LogP contribution is -2.41. The van der Waals surface area contributed by atoms with E-state index in [2.05, 4.69) is 5.32 Å².